The highest BCUT2D eigenvalue weighted by molar-refractivity contribution is 7.42. The normalized spacial score (nSPS) is 12.0. The number of para-hydroxylation sites is 1. The number of unbranched alkanes of at least 4 members (excludes halogenated alkanes) is 6. The summed E-state index contributed by atoms with van der Waals surface area (Å²) in [5.41, 5.74) is 0. The Morgan fingerprint density at radius 2 is 1.64 bits per heavy atom. The molecule has 0 saturated heterocycles. The monoisotopic (exact) mass is 324 g/mol. The van der Waals surface area contributed by atoms with E-state index < -0.39 is 8.60 Å². The molecule has 0 aliphatic heterocycles. The van der Waals surface area contributed by atoms with E-state index in [-0.39, 0.29) is 0 Å². The molecule has 3 nitrogen and oxygen atoms in total. The fourth-order valence-corrected chi connectivity index (χ4v) is 2.95. The summed E-state index contributed by atoms with van der Waals surface area (Å²) in [6.45, 7) is 7.03. The van der Waals surface area contributed by atoms with Gasteiger partial charge in [-0.25, -0.2) is 0 Å². The molecule has 0 spiro atoms. The fraction of sp³-hybridized carbons (Fsp3) is 0.556. The van der Waals surface area contributed by atoms with Crippen LogP contribution in [0.5, 0.6) is 5.75 Å². The molecule has 0 saturated carbocycles. The minimum Gasteiger partial charge on any atom is -0.427 e. The van der Waals surface area contributed by atoms with Crippen molar-refractivity contribution in [1.82, 2.24) is 0 Å². The van der Waals surface area contributed by atoms with Crippen LogP contribution in [0.1, 0.15) is 51.9 Å². The van der Waals surface area contributed by atoms with Gasteiger partial charge in [0.25, 0.3) is 0 Å². The van der Waals surface area contributed by atoms with Crippen molar-refractivity contribution in [3.05, 3.63) is 43.0 Å². The Labute approximate surface area is 136 Å². The smallest absolute Gasteiger partial charge is 0.397 e. The van der Waals surface area contributed by atoms with E-state index in [9.17, 15) is 0 Å². The van der Waals surface area contributed by atoms with Gasteiger partial charge in [-0.05, 0) is 18.6 Å². The molecule has 0 N–H and O–H groups in total. The molecule has 0 aliphatic carbocycles. The van der Waals surface area contributed by atoms with Crippen LogP contribution in [0.25, 0.3) is 0 Å². The third kappa shape index (κ3) is 9.94. The van der Waals surface area contributed by atoms with Crippen molar-refractivity contribution in [2.45, 2.75) is 51.9 Å². The molecule has 1 aromatic carbocycles. The van der Waals surface area contributed by atoms with Crippen LogP contribution < -0.4 is 4.52 Å². The number of hydrogen-bond acceptors (Lipinski definition) is 3. The van der Waals surface area contributed by atoms with Gasteiger partial charge in [0.2, 0.25) is 0 Å². The lowest BCUT2D eigenvalue weighted by Crippen LogP contribution is -1.99. The van der Waals surface area contributed by atoms with Crippen LogP contribution in [-0.4, -0.2) is 13.2 Å². The summed E-state index contributed by atoms with van der Waals surface area (Å²) in [7, 11) is -1.34. The highest BCUT2D eigenvalue weighted by atomic mass is 31.2. The maximum Gasteiger partial charge on any atom is 0.397 e. The van der Waals surface area contributed by atoms with Crippen molar-refractivity contribution >= 4 is 8.60 Å². The molecule has 0 radical (unpaired) electrons. The molecule has 1 aromatic rings. The summed E-state index contributed by atoms with van der Waals surface area (Å²) in [6.07, 6.45) is 10.6. The van der Waals surface area contributed by atoms with Crippen molar-refractivity contribution < 1.29 is 13.6 Å². The standard InChI is InChI=1S/C18H29O3P/c1-3-5-6-7-8-9-13-17-20-22(19-16-4-2)21-18-14-11-10-12-15-18/h4,10-12,14-15H,2-3,5-9,13,16-17H2,1H3. The SMILES string of the molecule is C=CCOP(OCCCCCCCCC)Oc1ccccc1. The highest BCUT2D eigenvalue weighted by Gasteiger charge is 2.13. The van der Waals surface area contributed by atoms with E-state index in [2.05, 4.69) is 13.5 Å². The third-order valence-corrected chi connectivity index (χ3v) is 4.28. The first kappa shape index (κ1) is 19.2. The van der Waals surface area contributed by atoms with E-state index in [0.29, 0.717) is 13.2 Å². The summed E-state index contributed by atoms with van der Waals surface area (Å²) in [4.78, 5) is 0. The summed E-state index contributed by atoms with van der Waals surface area (Å²) >= 11 is 0. The predicted molar refractivity (Wildman–Crippen MR) is 94.1 cm³/mol. The quantitative estimate of drug-likeness (QED) is 0.229. The largest absolute Gasteiger partial charge is 0.427 e. The first-order valence-electron chi connectivity index (χ1n) is 8.26. The molecule has 4 heteroatoms. The molecule has 0 bridgehead atoms. The van der Waals surface area contributed by atoms with Gasteiger partial charge in [-0.3, -0.25) is 4.52 Å². The Morgan fingerprint density at radius 1 is 0.955 bits per heavy atom. The van der Waals surface area contributed by atoms with Gasteiger partial charge in [0.15, 0.2) is 0 Å². The van der Waals surface area contributed by atoms with Gasteiger partial charge < -0.3 is 9.05 Å². The van der Waals surface area contributed by atoms with Crippen molar-refractivity contribution in [2.75, 3.05) is 13.2 Å². The minimum absolute atomic E-state index is 0.440. The van der Waals surface area contributed by atoms with Gasteiger partial charge >= 0.3 is 8.60 Å². The predicted octanol–water partition coefficient (Wildman–Crippen LogP) is 6.26. The second-order valence-electron chi connectivity index (χ2n) is 5.17. The Hall–Kier alpha value is -0.890. The minimum atomic E-state index is -1.34. The van der Waals surface area contributed by atoms with Crippen LogP contribution >= 0.6 is 8.60 Å². The molecule has 1 rings (SSSR count). The number of rotatable bonds is 14. The van der Waals surface area contributed by atoms with Crippen molar-refractivity contribution in [3.8, 4) is 5.75 Å². The molecular weight excluding hydrogens is 295 g/mol. The molecule has 22 heavy (non-hydrogen) atoms. The van der Waals surface area contributed by atoms with Crippen LogP contribution in [0.15, 0.2) is 43.0 Å². The molecule has 0 heterocycles. The Balaban J connectivity index is 2.17. The summed E-state index contributed by atoms with van der Waals surface area (Å²) in [5, 5.41) is 0. The van der Waals surface area contributed by atoms with Crippen molar-refractivity contribution in [1.29, 1.82) is 0 Å². The van der Waals surface area contributed by atoms with Crippen molar-refractivity contribution in [3.63, 3.8) is 0 Å². The first-order valence-corrected chi connectivity index (χ1v) is 9.36. The average molecular weight is 324 g/mol. The summed E-state index contributed by atoms with van der Waals surface area (Å²) < 4.78 is 17.1. The number of hydrogen-bond donors (Lipinski definition) is 0. The summed E-state index contributed by atoms with van der Waals surface area (Å²) in [6, 6.07) is 9.64. The van der Waals surface area contributed by atoms with Crippen LogP contribution in [0, 0.1) is 0 Å². The van der Waals surface area contributed by atoms with E-state index in [4.69, 9.17) is 13.6 Å². The van der Waals surface area contributed by atoms with Crippen LogP contribution in [0.3, 0.4) is 0 Å². The first-order chi connectivity index (χ1) is 10.9. The molecule has 124 valence electrons. The molecule has 1 unspecified atom stereocenters. The molecule has 0 aromatic heterocycles. The van der Waals surface area contributed by atoms with Gasteiger partial charge in [-0.15, -0.1) is 6.58 Å². The molecule has 0 amide bonds. The van der Waals surface area contributed by atoms with Gasteiger partial charge in [0.1, 0.15) is 5.75 Å². The fourth-order valence-electron chi connectivity index (χ4n) is 1.97. The lowest BCUT2D eigenvalue weighted by atomic mass is 10.1. The third-order valence-electron chi connectivity index (χ3n) is 3.17. The molecular formula is C18H29O3P. The zero-order chi connectivity index (χ0) is 15.9. The molecule has 0 aliphatic rings. The van der Waals surface area contributed by atoms with E-state index >= 15 is 0 Å². The number of benzene rings is 1. The Bertz CT molecular complexity index is 370. The zero-order valence-corrected chi connectivity index (χ0v) is 14.6. The van der Waals surface area contributed by atoms with Crippen LogP contribution in [-0.2, 0) is 9.05 Å². The van der Waals surface area contributed by atoms with Crippen molar-refractivity contribution in [2.24, 2.45) is 0 Å². The Morgan fingerprint density at radius 3 is 2.32 bits per heavy atom. The summed E-state index contributed by atoms with van der Waals surface area (Å²) in [5.74, 6) is 0.775. The second-order valence-corrected chi connectivity index (χ2v) is 6.31. The molecule has 1 atom stereocenters. The van der Waals surface area contributed by atoms with Gasteiger partial charge in [0.05, 0.1) is 13.2 Å². The van der Waals surface area contributed by atoms with Gasteiger partial charge in [-0.1, -0.05) is 69.7 Å². The maximum atomic E-state index is 5.75. The van der Waals surface area contributed by atoms with E-state index in [1.807, 2.05) is 30.3 Å². The highest BCUT2D eigenvalue weighted by Crippen LogP contribution is 2.40. The topological polar surface area (TPSA) is 27.7 Å². The van der Waals surface area contributed by atoms with E-state index in [1.165, 1.54) is 38.5 Å². The van der Waals surface area contributed by atoms with Gasteiger partial charge in [-0.2, -0.15) is 0 Å². The lowest BCUT2D eigenvalue weighted by molar-refractivity contribution is 0.216. The van der Waals surface area contributed by atoms with Crippen LogP contribution in [0.2, 0.25) is 0 Å². The maximum absolute atomic E-state index is 5.75. The van der Waals surface area contributed by atoms with Crippen LogP contribution in [0.4, 0.5) is 0 Å². The average Bonchev–Trinajstić information content (AvgIpc) is 2.55. The Kier molecular flexibility index (Phi) is 12.0. The van der Waals surface area contributed by atoms with E-state index in [1.54, 1.807) is 6.08 Å². The van der Waals surface area contributed by atoms with Gasteiger partial charge in [0, 0.05) is 0 Å². The van der Waals surface area contributed by atoms with E-state index in [0.717, 1.165) is 12.2 Å². The zero-order valence-electron chi connectivity index (χ0n) is 13.7. The lowest BCUT2D eigenvalue weighted by Gasteiger charge is -2.16. The molecule has 0 fully saturated rings. The second kappa shape index (κ2) is 13.8.